The molecule has 20 heavy (non-hydrogen) atoms. The first-order chi connectivity index (χ1) is 9.71. The molecule has 4 nitrogen and oxygen atoms in total. The Bertz CT molecular complexity index is 565. The minimum atomic E-state index is -0.264. The van der Waals surface area contributed by atoms with E-state index in [-0.39, 0.29) is 11.9 Å². The predicted octanol–water partition coefficient (Wildman–Crippen LogP) is 3.03. The maximum atomic E-state index is 13.4. The Morgan fingerprint density at radius 2 is 2.10 bits per heavy atom. The Balaban J connectivity index is 2.43. The highest BCUT2D eigenvalue weighted by Crippen LogP contribution is 2.21. The molecule has 0 aliphatic carbocycles. The molecule has 0 fully saturated rings. The molecule has 0 bridgehead atoms. The molecule has 0 aliphatic rings. The van der Waals surface area contributed by atoms with Crippen LogP contribution in [-0.2, 0) is 6.42 Å². The number of hydrogen-bond acceptors (Lipinski definition) is 3. The molecular formula is C15H21FN4. The average molecular weight is 276 g/mol. The zero-order valence-corrected chi connectivity index (χ0v) is 12.2. The normalized spacial score (nSPS) is 12.6. The maximum Gasteiger partial charge on any atom is 0.125 e. The van der Waals surface area contributed by atoms with Crippen molar-refractivity contribution in [2.24, 2.45) is 0 Å². The lowest BCUT2D eigenvalue weighted by atomic mass is 10.1. The van der Waals surface area contributed by atoms with Crippen LogP contribution in [0.4, 0.5) is 4.39 Å². The average Bonchev–Trinajstić information content (AvgIpc) is 2.88. The monoisotopic (exact) mass is 276 g/mol. The molecule has 1 aromatic heterocycles. The first-order valence-corrected chi connectivity index (χ1v) is 7.15. The van der Waals surface area contributed by atoms with Crippen LogP contribution in [0.3, 0.4) is 0 Å². The first kappa shape index (κ1) is 14.7. The van der Waals surface area contributed by atoms with E-state index in [4.69, 9.17) is 0 Å². The van der Waals surface area contributed by atoms with E-state index in [2.05, 4.69) is 36.4 Å². The summed E-state index contributed by atoms with van der Waals surface area (Å²) >= 11 is 0. The zero-order valence-electron chi connectivity index (χ0n) is 12.2. The van der Waals surface area contributed by atoms with Gasteiger partial charge in [0, 0.05) is 0 Å². The number of aromatic nitrogens is 3. The van der Waals surface area contributed by atoms with Crippen molar-refractivity contribution >= 4 is 0 Å². The molecule has 2 rings (SSSR count). The minimum Gasteiger partial charge on any atom is -0.309 e. The first-order valence-electron chi connectivity index (χ1n) is 7.15. The van der Waals surface area contributed by atoms with Crippen LogP contribution in [0.2, 0.25) is 0 Å². The Hall–Kier alpha value is -1.75. The fourth-order valence-electron chi connectivity index (χ4n) is 2.41. The maximum absolute atomic E-state index is 13.4. The molecule has 0 aliphatic heterocycles. The van der Waals surface area contributed by atoms with E-state index in [1.165, 1.54) is 12.1 Å². The van der Waals surface area contributed by atoms with Gasteiger partial charge in [-0.15, -0.1) is 5.10 Å². The van der Waals surface area contributed by atoms with Gasteiger partial charge < -0.3 is 5.32 Å². The number of benzene rings is 1. The lowest BCUT2D eigenvalue weighted by molar-refractivity contribution is 0.520. The third-order valence-electron chi connectivity index (χ3n) is 3.37. The van der Waals surface area contributed by atoms with Crippen LogP contribution in [0, 0.1) is 5.82 Å². The summed E-state index contributed by atoms with van der Waals surface area (Å²) in [4.78, 5) is 0. The largest absolute Gasteiger partial charge is 0.309 e. The van der Waals surface area contributed by atoms with Gasteiger partial charge in [0.1, 0.15) is 11.5 Å². The molecule has 0 saturated heterocycles. The number of hydrogen-bond donors (Lipinski definition) is 1. The number of halogens is 1. The summed E-state index contributed by atoms with van der Waals surface area (Å²) in [6, 6.07) is 6.63. The van der Waals surface area contributed by atoms with Crippen molar-refractivity contribution in [2.45, 2.75) is 39.7 Å². The molecule has 1 atom stereocenters. The number of nitrogens with zero attached hydrogens (tertiary/aromatic N) is 3. The molecule has 1 aromatic carbocycles. The highest BCUT2D eigenvalue weighted by Gasteiger charge is 2.19. The molecule has 1 heterocycles. The van der Waals surface area contributed by atoms with Crippen LogP contribution in [0.5, 0.6) is 0 Å². The molecule has 5 heteroatoms. The fourth-order valence-corrected chi connectivity index (χ4v) is 2.41. The van der Waals surface area contributed by atoms with Crippen LogP contribution in [0.25, 0.3) is 5.69 Å². The van der Waals surface area contributed by atoms with Gasteiger partial charge in [-0.1, -0.05) is 32.1 Å². The minimum absolute atomic E-state index is 0.192. The molecule has 0 spiro atoms. The smallest absolute Gasteiger partial charge is 0.125 e. The van der Waals surface area contributed by atoms with Crippen LogP contribution in [-0.4, -0.2) is 21.5 Å². The summed E-state index contributed by atoms with van der Waals surface area (Å²) in [6.07, 6.45) is 1.75. The van der Waals surface area contributed by atoms with Crippen LogP contribution >= 0.6 is 0 Å². The highest BCUT2D eigenvalue weighted by atomic mass is 19.1. The van der Waals surface area contributed by atoms with E-state index < -0.39 is 0 Å². The van der Waals surface area contributed by atoms with Gasteiger partial charge >= 0.3 is 0 Å². The Morgan fingerprint density at radius 3 is 2.70 bits per heavy atom. The van der Waals surface area contributed by atoms with Crippen molar-refractivity contribution < 1.29 is 4.39 Å². The van der Waals surface area contributed by atoms with E-state index in [0.29, 0.717) is 5.69 Å². The van der Waals surface area contributed by atoms with E-state index in [9.17, 15) is 4.39 Å². The Labute approximate surface area is 119 Å². The summed E-state index contributed by atoms with van der Waals surface area (Å²) in [7, 11) is 0. The SMILES string of the molecule is CCNC(CC)c1nnn(-c2cccc(F)c2)c1CC. The number of nitrogens with one attached hydrogen (secondary N) is 1. The van der Waals surface area contributed by atoms with Gasteiger partial charge in [0.25, 0.3) is 0 Å². The van der Waals surface area contributed by atoms with Crippen molar-refractivity contribution in [3.8, 4) is 5.69 Å². The second-order valence-electron chi connectivity index (χ2n) is 4.69. The van der Waals surface area contributed by atoms with Gasteiger partial charge in [0.2, 0.25) is 0 Å². The molecule has 1 N–H and O–H groups in total. The lowest BCUT2D eigenvalue weighted by Gasteiger charge is -2.15. The Morgan fingerprint density at radius 1 is 1.30 bits per heavy atom. The van der Waals surface area contributed by atoms with Crippen LogP contribution < -0.4 is 5.32 Å². The van der Waals surface area contributed by atoms with Crippen molar-refractivity contribution in [1.82, 2.24) is 20.3 Å². The van der Waals surface area contributed by atoms with Crippen molar-refractivity contribution in [3.05, 3.63) is 41.5 Å². The van der Waals surface area contributed by atoms with Gasteiger partial charge in [-0.25, -0.2) is 9.07 Å². The van der Waals surface area contributed by atoms with Gasteiger partial charge in [-0.2, -0.15) is 0 Å². The molecule has 0 amide bonds. The zero-order chi connectivity index (χ0) is 14.5. The quantitative estimate of drug-likeness (QED) is 0.882. The summed E-state index contributed by atoms with van der Waals surface area (Å²) in [5.41, 5.74) is 2.71. The molecule has 0 saturated carbocycles. The summed E-state index contributed by atoms with van der Waals surface area (Å²) in [5, 5.41) is 11.9. The molecule has 0 radical (unpaired) electrons. The molecule has 1 unspecified atom stereocenters. The summed E-state index contributed by atoms with van der Waals surface area (Å²) in [5.74, 6) is -0.264. The van der Waals surface area contributed by atoms with Gasteiger partial charge in [-0.3, -0.25) is 0 Å². The molecular weight excluding hydrogens is 255 g/mol. The third-order valence-corrected chi connectivity index (χ3v) is 3.37. The molecule has 108 valence electrons. The summed E-state index contributed by atoms with van der Waals surface area (Å²) < 4.78 is 15.1. The second-order valence-corrected chi connectivity index (χ2v) is 4.69. The van der Waals surface area contributed by atoms with Gasteiger partial charge in [-0.05, 0) is 37.6 Å². The standard InChI is InChI=1S/C15H21FN4/c1-4-13(17-6-3)15-14(5-2)20(19-18-15)12-9-7-8-11(16)10-12/h7-10,13,17H,4-6H2,1-3H3. The van der Waals surface area contributed by atoms with Gasteiger partial charge in [0.05, 0.1) is 17.4 Å². The second kappa shape index (κ2) is 6.61. The summed E-state index contributed by atoms with van der Waals surface area (Å²) in [6.45, 7) is 7.14. The highest BCUT2D eigenvalue weighted by molar-refractivity contribution is 5.34. The number of rotatable bonds is 6. The predicted molar refractivity (Wildman–Crippen MR) is 77.4 cm³/mol. The van der Waals surface area contributed by atoms with E-state index >= 15 is 0 Å². The van der Waals surface area contributed by atoms with Crippen molar-refractivity contribution in [1.29, 1.82) is 0 Å². The molecule has 2 aromatic rings. The lowest BCUT2D eigenvalue weighted by Crippen LogP contribution is -2.21. The van der Waals surface area contributed by atoms with Gasteiger partial charge in [0.15, 0.2) is 0 Å². The third kappa shape index (κ3) is 2.88. The fraction of sp³-hybridized carbons (Fsp3) is 0.467. The van der Waals surface area contributed by atoms with E-state index in [1.807, 2.05) is 6.07 Å². The van der Waals surface area contributed by atoms with Crippen molar-refractivity contribution in [2.75, 3.05) is 6.54 Å². The van der Waals surface area contributed by atoms with E-state index in [1.54, 1.807) is 10.7 Å². The van der Waals surface area contributed by atoms with Crippen LogP contribution in [0.1, 0.15) is 44.6 Å². The van der Waals surface area contributed by atoms with E-state index in [0.717, 1.165) is 30.8 Å². The Kier molecular flexibility index (Phi) is 4.84. The topological polar surface area (TPSA) is 42.7 Å². The van der Waals surface area contributed by atoms with Crippen molar-refractivity contribution in [3.63, 3.8) is 0 Å². The van der Waals surface area contributed by atoms with Crippen LogP contribution in [0.15, 0.2) is 24.3 Å².